The van der Waals surface area contributed by atoms with Crippen LogP contribution in [0.25, 0.3) is 44.1 Å². The number of H-pyrrole nitrogens is 1. The summed E-state index contributed by atoms with van der Waals surface area (Å²) in [7, 11) is 0. The number of halogens is 7. The number of aliphatic hydroxyl groups is 1. The van der Waals surface area contributed by atoms with Gasteiger partial charge in [-0.3, -0.25) is 0 Å². The highest BCUT2D eigenvalue weighted by Gasteiger charge is 2.32. The number of carbonyl (C=O) groups is 3. The number of piperidine rings is 4. The van der Waals surface area contributed by atoms with E-state index in [4.69, 9.17) is 54.1 Å². The SMILES string of the molecule is CC(C)(C)OC(=O)N1CCC(O)CC1.CC(C)(C)OC(=O)N1CCC(n2cc(I)c3c(Cl)ncnc32)CC1.CC(C)(C)OC(=O)N1CCC(n2cc(I)c3c(N)ncnc32)CC1.Cl.Clc1ncnc2[nH]cc(I)c12.NO.Nc1ncnc2c1c(I)cn2C1CCNCC1. The molecule has 0 radical (unpaired) electrons. The molecule has 0 aliphatic carbocycles. The summed E-state index contributed by atoms with van der Waals surface area (Å²) < 4.78 is 27.0. The van der Waals surface area contributed by atoms with Crippen molar-refractivity contribution in [2.24, 2.45) is 5.90 Å². The van der Waals surface area contributed by atoms with E-state index in [1.807, 2.05) is 68.5 Å². The topological polar surface area (TPSA) is 353 Å². The molecule has 510 valence electrons. The van der Waals surface area contributed by atoms with Gasteiger partial charge >= 0.3 is 18.3 Å². The molecule has 0 unspecified atom stereocenters. The molecular formula is C59H82Cl3I4N19O8. The highest BCUT2D eigenvalue weighted by Crippen LogP contribution is 2.36. The number of aromatic amines is 1. The van der Waals surface area contributed by atoms with Crippen LogP contribution in [0.15, 0.2) is 50.1 Å². The molecule has 8 aromatic heterocycles. The number of ether oxygens (including phenoxy) is 3. The van der Waals surface area contributed by atoms with Crippen LogP contribution in [0, 0.1) is 14.3 Å². The summed E-state index contributed by atoms with van der Waals surface area (Å²) in [5.74, 6) is 4.58. The molecule has 4 fully saturated rings. The lowest BCUT2D eigenvalue weighted by atomic mass is 10.1. The summed E-state index contributed by atoms with van der Waals surface area (Å²) >= 11 is 21.0. The van der Waals surface area contributed by atoms with Gasteiger partial charge in [0, 0.05) is 96.5 Å². The van der Waals surface area contributed by atoms with Gasteiger partial charge in [-0.1, -0.05) is 23.2 Å². The van der Waals surface area contributed by atoms with Crippen LogP contribution in [-0.2, 0) is 14.2 Å². The molecular weight excluding hydrogens is 1720 g/mol. The number of hydrogen-bond acceptors (Lipinski definition) is 20. The number of carbonyl (C=O) groups excluding carboxylic acids is 3. The molecule has 27 nitrogen and oxygen atoms in total. The summed E-state index contributed by atoms with van der Waals surface area (Å²) in [4.78, 5) is 77.4. The third kappa shape index (κ3) is 21.3. The molecule has 12 rings (SSSR count). The summed E-state index contributed by atoms with van der Waals surface area (Å²) in [5, 5.41) is 23.8. The maximum Gasteiger partial charge on any atom is 0.410 e. The largest absolute Gasteiger partial charge is 0.444 e. The Morgan fingerprint density at radius 2 is 0.817 bits per heavy atom. The number of nitrogens with one attached hydrogen (secondary N) is 2. The average molecular weight is 1800 g/mol. The minimum atomic E-state index is -0.464. The third-order valence-corrected chi connectivity index (χ3v) is 18.8. The molecule has 34 heteroatoms. The van der Waals surface area contributed by atoms with Crippen molar-refractivity contribution in [1.29, 1.82) is 0 Å². The van der Waals surface area contributed by atoms with E-state index in [9.17, 15) is 19.5 Å². The van der Waals surface area contributed by atoms with Crippen molar-refractivity contribution in [3.8, 4) is 0 Å². The number of rotatable bonds is 3. The molecule has 4 saturated heterocycles. The van der Waals surface area contributed by atoms with Crippen LogP contribution in [0.2, 0.25) is 10.3 Å². The molecule has 12 heterocycles. The summed E-state index contributed by atoms with van der Waals surface area (Å²) in [6, 6.07) is 1.11. The van der Waals surface area contributed by atoms with Gasteiger partial charge < -0.3 is 74.7 Å². The Kier molecular flexibility index (Phi) is 28.9. The predicted octanol–water partition coefficient (Wildman–Crippen LogP) is 12.3. The first kappa shape index (κ1) is 77.5. The smallest absolute Gasteiger partial charge is 0.410 e. The van der Waals surface area contributed by atoms with E-state index in [1.165, 1.54) is 19.0 Å². The van der Waals surface area contributed by atoms with E-state index in [0.29, 0.717) is 92.2 Å². The van der Waals surface area contributed by atoms with Crippen LogP contribution < -0.4 is 22.7 Å². The van der Waals surface area contributed by atoms with Crippen LogP contribution in [0.3, 0.4) is 0 Å². The zero-order chi connectivity index (χ0) is 67.4. The van der Waals surface area contributed by atoms with E-state index >= 15 is 0 Å². The summed E-state index contributed by atoms with van der Waals surface area (Å²) in [6.45, 7) is 22.9. The number of anilines is 2. The first-order chi connectivity index (χ1) is 43.5. The number of nitrogens with two attached hydrogens (primary N) is 3. The molecule has 0 saturated carbocycles. The van der Waals surface area contributed by atoms with E-state index in [-0.39, 0.29) is 36.8 Å². The van der Waals surface area contributed by atoms with Crippen molar-refractivity contribution in [3.63, 3.8) is 0 Å². The molecule has 4 aliphatic rings. The minimum absolute atomic E-state index is 0. The van der Waals surface area contributed by atoms with Crippen LogP contribution >= 0.6 is 126 Å². The number of nitrogens with zero attached hydrogens (tertiary/aromatic N) is 14. The molecule has 0 atom stereocenters. The zero-order valence-electron chi connectivity index (χ0n) is 53.3. The Labute approximate surface area is 610 Å². The van der Waals surface area contributed by atoms with Gasteiger partial charge in [-0.05, 0) is 217 Å². The first-order valence-corrected chi connectivity index (χ1v) is 34.9. The second-order valence-electron chi connectivity index (χ2n) is 25.0. The van der Waals surface area contributed by atoms with Gasteiger partial charge in [0.25, 0.3) is 0 Å². The number of nitrogen functional groups attached to an aromatic ring is 2. The highest BCUT2D eigenvalue weighted by molar-refractivity contribution is 14.1. The van der Waals surface area contributed by atoms with Crippen molar-refractivity contribution in [2.45, 2.75) is 155 Å². The Bertz CT molecular complexity index is 3640. The van der Waals surface area contributed by atoms with Crippen molar-refractivity contribution in [2.75, 3.05) is 63.8 Å². The van der Waals surface area contributed by atoms with Gasteiger partial charge in [0.2, 0.25) is 0 Å². The fourth-order valence-corrected chi connectivity index (χ4v) is 14.5. The van der Waals surface area contributed by atoms with Gasteiger partial charge in [0.15, 0.2) is 0 Å². The van der Waals surface area contributed by atoms with Gasteiger partial charge in [-0.2, -0.15) is 0 Å². The van der Waals surface area contributed by atoms with E-state index in [0.717, 1.165) is 110 Å². The number of aromatic nitrogens is 12. The maximum absolute atomic E-state index is 12.2. The van der Waals surface area contributed by atoms with Crippen LogP contribution in [-0.4, -0.2) is 177 Å². The van der Waals surface area contributed by atoms with Crippen LogP contribution in [0.5, 0.6) is 0 Å². The second kappa shape index (κ2) is 34.6. The first-order valence-electron chi connectivity index (χ1n) is 29.9. The zero-order valence-corrected chi connectivity index (χ0v) is 64.2. The normalized spacial score (nSPS) is 16.1. The molecule has 8 aromatic rings. The van der Waals surface area contributed by atoms with Crippen molar-refractivity contribution in [1.82, 2.24) is 78.6 Å². The summed E-state index contributed by atoms with van der Waals surface area (Å²) in [5.41, 5.74) is 14.0. The molecule has 10 N–H and O–H groups in total. The average Bonchev–Trinajstić information content (AvgIpc) is 1.66. The van der Waals surface area contributed by atoms with E-state index in [1.54, 1.807) is 21.0 Å². The van der Waals surface area contributed by atoms with Crippen molar-refractivity contribution in [3.05, 3.63) is 74.7 Å². The van der Waals surface area contributed by atoms with Gasteiger partial charge in [0.05, 0.1) is 27.6 Å². The lowest BCUT2D eigenvalue weighted by Gasteiger charge is -2.34. The highest BCUT2D eigenvalue weighted by atomic mass is 127. The second-order valence-corrected chi connectivity index (χ2v) is 30.4. The Morgan fingerprint density at radius 1 is 0.495 bits per heavy atom. The number of aliphatic hydroxyl groups excluding tert-OH is 1. The number of hydrogen-bond donors (Lipinski definition) is 7. The minimum Gasteiger partial charge on any atom is -0.444 e. The van der Waals surface area contributed by atoms with Crippen LogP contribution in [0.1, 0.15) is 132 Å². The molecule has 0 aromatic carbocycles. The van der Waals surface area contributed by atoms with E-state index < -0.39 is 16.8 Å². The molecule has 4 aliphatic heterocycles. The molecule has 0 bridgehead atoms. The van der Waals surface area contributed by atoms with E-state index in [2.05, 4.69) is 179 Å². The summed E-state index contributed by atoms with van der Waals surface area (Å²) in [6.07, 6.45) is 20.2. The Balaban J connectivity index is 0.000000187. The predicted molar refractivity (Wildman–Crippen MR) is 396 cm³/mol. The van der Waals surface area contributed by atoms with Gasteiger partial charge in [-0.25, -0.2) is 60.2 Å². The van der Waals surface area contributed by atoms with Crippen LogP contribution in [0.4, 0.5) is 26.0 Å². The Hall–Kier alpha value is -4.48. The quantitative estimate of drug-likeness (QED) is 0.0374. The fraction of sp³-hybridized carbons (Fsp3) is 0.542. The fourth-order valence-electron chi connectivity index (χ4n) is 10.6. The lowest BCUT2D eigenvalue weighted by Crippen LogP contribution is -2.42. The standard InChI is InChI=1S/C16H20ClIN4O2.C16H22IN5O2.C11H14IN5.C10H19NO3.C6H3ClIN3.ClH.H3NO/c1-16(2,3)24-15(23)21-6-4-10(5-7-21)22-8-11(18)12-13(17)19-9-20-14(12)22;1-16(2,3)24-15(23)21-6-4-10(5-7-21)22-8-11(17)12-13(18)19-9-20-14(12)22;12-8-5-17(7-1-3-14-4-2-7)11-9(8)10(13)15-6-16-11;1-10(2,3)14-9(13)11-6-4-8(12)5-7-11;7-5-4-3(8)1-9-6(4)11-2-10-5;;1-2/h8-10H,4-7H2,1-3H3;8-10H,4-7H2,1-3H3,(H2,18,19,20);5-7,14H,1-4H2,(H2,13,15,16);8,12H,4-7H2,1-3H3;1-2H,(H,9,10,11);1H;2H,1H2. The number of fused-ring (bicyclic) bond motifs is 4. The molecule has 93 heavy (non-hydrogen) atoms. The molecule has 3 amide bonds. The van der Waals surface area contributed by atoms with Crippen molar-refractivity contribution >= 4 is 200 Å². The van der Waals surface area contributed by atoms with Gasteiger partial charge in [-0.15, -0.1) is 12.4 Å². The number of likely N-dealkylation sites (tertiary alicyclic amines) is 3. The Morgan fingerprint density at radius 3 is 1.19 bits per heavy atom. The number of amides is 3. The maximum atomic E-state index is 12.2. The molecule has 0 spiro atoms. The lowest BCUT2D eigenvalue weighted by molar-refractivity contribution is 0.00979. The van der Waals surface area contributed by atoms with Crippen molar-refractivity contribution < 1.29 is 38.9 Å². The monoisotopic (exact) mass is 1800 g/mol. The van der Waals surface area contributed by atoms with Gasteiger partial charge in [0.1, 0.15) is 86.6 Å². The third-order valence-electron chi connectivity index (χ3n) is 14.9.